The second-order valence-corrected chi connectivity index (χ2v) is 5.74. The van der Waals surface area contributed by atoms with Crippen LogP contribution in [0.5, 0.6) is 0 Å². The molecule has 3 nitrogen and oxygen atoms in total. The number of nitrogens with two attached hydrogens (primary N) is 1. The molecule has 0 radical (unpaired) electrons. The van der Waals surface area contributed by atoms with E-state index in [1.54, 1.807) is 6.92 Å². The van der Waals surface area contributed by atoms with Crippen LogP contribution < -0.4 is 5.73 Å². The van der Waals surface area contributed by atoms with E-state index in [2.05, 4.69) is 0 Å². The van der Waals surface area contributed by atoms with Crippen molar-refractivity contribution in [2.75, 3.05) is 6.54 Å². The molecule has 0 aromatic heterocycles. The van der Waals surface area contributed by atoms with Crippen molar-refractivity contribution in [2.45, 2.75) is 26.4 Å². The van der Waals surface area contributed by atoms with Gasteiger partial charge in [0.1, 0.15) is 0 Å². The molecule has 6 heteroatoms. The summed E-state index contributed by atoms with van der Waals surface area (Å²) in [6, 6.07) is 8.72. The van der Waals surface area contributed by atoms with Gasteiger partial charge >= 0.3 is 6.18 Å². The zero-order chi connectivity index (χ0) is 18.8. The van der Waals surface area contributed by atoms with Crippen LogP contribution in [0, 0.1) is 18.3 Å². The van der Waals surface area contributed by atoms with Gasteiger partial charge in [-0.25, -0.2) is 0 Å². The second kappa shape index (κ2) is 7.08. The first-order valence-corrected chi connectivity index (χ1v) is 7.66. The Bertz CT molecular complexity index is 847. The van der Waals surface area contributed by atoms with Crippen LogP contribution in [0.25, 0.3) is 11.1 Å². The molecule has 0 spiro atoms. The van der Waals surface area contributed by atoms with Crippen molar-refractivity contribution >= 4 is 5.78 Å². The van der Waals surface area contributed by atoms with Gasteiger partial charge in [-0.1, -0.05) is 12.1 Å². The minimum absolute atomic E-state index is 0.0444. The van der Waals surface area contributed by atoms with E-state index in [0.717, 1.165) is 6.07 Å². The fraction of sp³-hybridized carbons (Fsp3) is 0.263. The van der Waals surface area contributed by atoms with Gasteiger partial charge in [0, 0.05) is 11.1 Å². The first kappa shape index (κ1) is 18.7. The molecule has 0 aliphatic heterocycles. The first-order chi connectivity index (χ1) is 11.7. The van der Waals surface area contributed by atoms with Crippen molar-refractivity contribution in [2.24, 2.45) is 5.73 Å². The topological polar surface area (TPSA) is 66.9 Å². The number of nitriles is 1. The van der Waals surface area contributed by atoms with Gasteiger partial charge in [-0.2, -0.15) is 18.4 Å². The maximum atomic E-state index is 13.7. The lowest BCUT2D eigenvalue weighted by molar-refractivity contribution is -0.137. The summed E-state index contributed by atoms with van der Waals surface area (Å²) in [6.45, 7) is 3.07. The molecule has 0 unspecified atom stereocenters. The van der Waals surface area contributed by atoms with Gasteiger partial charge in [-0.3, -0.25) is 4.79 Å². The number of carbonyl (C=O) groups is 1. The monoisotopic (exact) mass is 346 g/mol. The molecular weight excluding hydrogens is 329 g/mol. The number of nitrogens with zero attached hydrogens (tertiary/aromatic N) is 1. The minimum Gasteiger partial charge on any atom is -0.330 e. The lowest BCUT2D eigenvalue weighted by Gasteiger charge is -2.21. The maximum absolute atomic E-state index is 13.7. The summed E-state index contributed by atoms with van der Waals surface area (Å²) in [4.78, 5) is 12.2. The van der Waals surface area contributed by atoms with Crippen LogP contribution in [0.15, 0.2) is 30.3 Å². The molecule has 2 rings (SSSR count). The lowest BCUT2D eigenvalue weighted by Crippen LogP contribution is -2.15. The molecule has 2 N–H and O–H groups in total. The van der Waals surface area contributed by atoms with Gasteiger partial charge in [0.05, 0.1) is 17.2 Å². The van der Waals surface area contributed by atoms with Gasteiger partial charge in [-0.05, 0) is 61.7 Å². The van der Waals surface area contributed by atoms with Gasteiger partial charge in [0.15, 0.2) is 5.78 Å². The number of carbonyl (C=O) groups excluding carboxylic acids is 1. The van der Waals surface area contributed by atoms with E-state index in [9.17, 15) is 18.0 Å². The smallest absolute Gasteiger partial charge is 0.330 e. The summed E-state index contributed by atoms with van der Waals surface area (Å²) in [7, 11) is 0. The maximum Gasteiger partial charge on any atom is 0.417 e. The highest BCUT2D eigenvalue weighted by Crippen LogP contribution is 2.41. The highest BCUT2D eigenvalue weighted by molar-refractivity contribution is 6.03. The summed E-state index contributed by atoms with van der Waals surface area (Å²) in [5.74, 6) is -0.443. The van der Waals surface area contributed by atoms with E-state index >= 15 is 0 Å². The predicted octanol–water partition coefficient (Wildman–Crippen LogP) is 4.26. The number of ketones is 1. The molecule has 2 aromatic carbocycles. The van der Waals surface area contributed by atoms with Crippen molar-refractivity contribution in [1.82, 2.24) is 0 Å². The van der Waals surface area contributed by atoms with E-state index in [1.165, 1.54) is 31.2 Å². The molecule has 0 bridgehead atoms. The molecule has 0 atom stereocenters. The zero-order valence-corrected chi connectivity index (χ0v) is 13.9. The number of hydrogen-bond donors (Lipinski definition) is 1. The summed E-state index contributed by atoms with van der Waals surface area (Å²) in [6.07, 6.45) is -4.37. The van der Waals surface area contributed by atoms with Crippen molar-refractivity contribution in [3.8, 4) is 17.2 Å². The average molecular weight is 346 g/mol. The minimum atomic E-state index is -4.62. The quantitative estimate of drug-likeness (QED) is 0.841. The summed E-state index contributed by atoms with van der Waals surface area (Å²) in [5, 5.41) is 8.87. The van der Waals surface area contributed by atoms with E-state index < -0.39 is 17.5 Å². The third-order valence-electron chi connectivity index (χ3n) is 4.07. The molecule has 25 heavy (non-hydrogen) atoms. The Balaban J connectivity index is 2.89. The van der Waals surface area contributed by atoms with Crippen molar-refractivity contribution in [1.29, 1.82) is 5.26 Å². The Labute approximate surface area is 143 Å². The first-order valence-electron chi connectivity index (χ1n) is 7.66. The van der Waals surface area contributed by atoms with Gasteiger partial charge in [-0.15, -0.1) is 0 Å². The van der Waals surface area contributed by atoms with Crippen LogP contribution in [-0.2, 0) is 12.6 Å². The van der Waals surface area contributed by atoms with Crippen LogP contribution in [-0.4, -0.2) is 12.3 Å². The highest BCUT2D eigenvalue weighted by atomic mass is 19.4. The summed E-state index contributed by atoms with van der Waals surface area (Å²) in [5.41, 5.74) is 6.03. The molecular formula is C19H17F3N2O. The lowest BCUT2D eigenvalue weighted by atomic mass is 9.85. The molecule has 2 aromatic rings. The Hall–Kier alpha value is -2.65. The largest absolute Gasteiger partial charge is 0.417 e. The molecule has 130 valence electrons. The van der Waals surface area contributed by atoms with Crippen molar-refractivity contribution < 1.29 is 18.0 Å². The van der Waals surface area contributed by atoms with Crippen LogP contribution in [0.2, 0.25) is 0 Å². The summed E-state index contributed by atoms with van der Waals surface area (Å²) >= 11 is 0. The van der Waals surface area contributed by atoms with Gasteiger partial charge < -0.3 is 5.73 Å². The van der Waals surface area contributed by atoms with Crippen molar-refractivity contribution in [3.63, 3.8) is 0 Å². The standard InChI is InChI=1S/C19H17F3N2O/c1-11-15(7-8-23)9-16(19(20,21)22)18(17(11)12(2)25)14-5-3-13(10-24)4-6-14/h3-6,9H,7-8,23H2,1-2H3. The SMILES string of the molecule is CC(=O)c1c(C)c(CCN)cc(C(F)(F)F)c1-c1ccc(C#N)cc1. The van der Waals surface area contributed by atoms with Gasteiger partial charge in [0.2, 0.25) is 0 Å². The number of halogens is 3. The molecule has 0 amide bonds. The Kier molecular flexibility index (Phi) is 5.29. The number of rotatable bonds is 4. The number of alkyl halides is 3. The zero-order valence-electron chi connectivity index (χ0n) is 13.9. The molecule has 0 saturated carbocycles. The third-order valence-corrected chi connectivity index (χ3v) is 4.07. The normalized spacial score (nSPS) is 11.2. The van der Waals surface area contributed by atoms with E-state index in [-0.39, 0.29) is 29.7 Å². The van der Waals surface area contributed by atoms with E-state index in [1.807, 2.05) is 6.07 Å². The van der Waals surface area contributed by atoms with E-state index in [0.29, 0.717) is 16.7 Å². The van der Waals surface area contributed by atoms with Gasteiger partial charge in [0.25, 0.3) is 0 Å². The Morgan fingerprint density at radius 3 is 2.28 bits per heavy atom. The average Bonchev–Trinajstić information content (AvgIpc) is 2.55. The van der Waals surface area contributed by atoms with Crippen LogP contribution in [0.1, 0.15) is 39.5 Å². The third kappa shape index (κ3) is 3.72. The second-order valence-electron chi connectivity index (χ2n) is 5.74. The van der Waals surface area contributed by atoms with Crippen molar-refractivity contribution in [3.05, 3.63) is 58.1 Å². The molecule has 0 aliphatic carbocycles. The molecule has 0 fully saturated rings. The highest BCUT2D eigenvalue weighted by Gasteiger charge is 2.36. The molecule has 0 heterocycles. The van der Waals surface area contributed by atoms with E-state index in [4.69, 9.17) is 11.0 Å². The van der Waals surface area contributed by atoms with Crippen LogP contribution in [0.4, 0.5) is 13.2 Å². The predicted molar refractivity (Wildman–Crippen MR) is 89.1 cm³/mol. The number of hydrogen-bond acceptors (Lipinski definition) is 3. The van der Waals surface area contributed by atoms with Crippen LogP contribution >= 0.6 is 0 Å². The fourth-order valence-electron chi connectivity index (χ4n) is 2.93. The number of benzene rings is 2. The molecule has 0 saturated heterocycles. The fourth-order valence-corrected chi connectivity index (χ4v) is 2.93. The van der Waals surface area contributed by atoms with Crippen LogP contribution in [0.3, 0.4) is 0 Å². The summed E-state index contributed by atoms with van der Waals surface area (Å²) < 4.78 is 41.0. The molecule has 0 aliphatic rings. The Morgan fingerprint density at radius 1 is 1.24 bits per heavy atom. The Morgan fingerprint density at radius 2 is 1.84 bits per heavy atom. The number of Topliss-reactive ketones (excluding diaryl/α,β-unsaturated/α-hetero) is 1.